The molecule has 13 heavy (non-hydrogen) atoms. The lowest BCUT2D eigenvalue weighted by Gasteiger charge is -1.94. The van der Waals surface area contributed by atoms with Gasteiger partial charge >= 0.3 is 5.97 Å². The Hall–Kier alpha value is -1.20. The minimum absolute atomic E-state index is 0. The zero-order valence-corrected chi connectivity index (χ0v) is 7.82. The van der Waals surface area contributed by atoms with Crippen LogP contribution in [0.5, 0.6) is 5.75 Å². The average Bonchev–Trinajstić information content (AvgIpc) is 1.85. The van der Waals surface area contributed by atoms with Crippen molar-refractivity contribution in [3.8, 4) is 5.75 Å². The number of hydrogen-bond acceptors (Lipinski definition) is 3. The van der Waals surface area contributed by atoms with Crippen molar-refractivity contribution in [2.75, 3.05) is 0 Å². The van der Waals surface area contributed by atoms with Gasteiger partial charge in [0.2, 0.25) is 0 Å². The second-order valence-corrected chi connectivity index (χ2v) is 1.87. The van der Waals surface area contributed by atoms with Gasteiger partial charge < -0.3 is 15.2 Å². The van der Waals surface area contributed by atoms with Crippen LogP contribution < -0.4 is 5.56 Å². The molecular weight excluding hydrogens is 221 g/mol. The van der Waals surface area contributed by atoms with Gasteiger partial charge in [0.25, 0.3) is 5.56 Å². The highest BCUT2D eigenvalue weighted by atomic mass is 35.5. The number of aromatic carboxylic acids is 1. The number of aromatic nitrogens is 1. The Balaban J connectivity index is 0. The van der Waals surface area contributed by atoms with Crippen LogP contribution in [0.25, 0.3) is 0 Å². The summed E-state index contributed by atoms with van der Waals surface area (Å²) in [6.45, 7) is 0. The number of carbonyl (C=O) groups is 1. The van der Waals surface area contributed by atoms with E-state index in [9.17, 15) is 9.59 Å². The average molecular weight is 228 g/mol. The molecule has 3 N–H and O–H groups in total. The zero-order chi connectivity index (χ0) is 8.43. The van der Waals surface area contributed by atoms with Gasteiger partial charge in [-0.2, -0.15) is 0 Å². The van der Waals surface area contributed by atoms with Crippen LogP contribution in [0.3, 0.4) is 0 Å². The van der Waals surface area contributed by atoms with Gasteiger partial charge in [-0.15, -0.1) is 24.8 Å². The molecule has 1 rings (SSSR count). The topological polar surface area (TPSA) is 90.4 Å². The number of carboxylic acid groups (broad SMARTS) is 1. The van der Waals surface area contributed by atoms with Gasteiger partial charge in [-0.05, 0) is 6.07 Å². The molecule has 5 nitrogen and oxygen atoms in total. The van der Waals surface area contributed by atoms with E-state index in [0.29, 0.717) is 0 Å². The quantitative estimate of drug-likeness (QED) is 0.657. The molecule has 0 radical (unpaired) electrons. The van der Waals surface area contributed by atoms with Crippen LogP contribution in [0.15, 0.2) is 17.1 Å². The monoisotopic (exact) mass is 227 g/mol. The lowest BCUT2D eigenvalue weighted by atomic mass is 10.2. The van der Waals surface area contributed by atoms with Crippen molar-refractivity contribution in [2.45, 2.75) is 0 Å². The molecule has 0 aromatic carbocycles. The van der Waals surface area contributed by atoms with Crippen LogP contribution in [0, 0.1) is 0 Å². The van der Waals surface area contributed by atoms with Crippen molar-refractivity contribution in [3.63, 3.8) is 0 Å². The van der Waals surface area contributed by atoms with Crippen molar-refractivity contribution in [2.24, 2.45) is 0 Å². The second-order valence-electron chi connectivity index (χ2n) is 1.87. The third kappa shape index (κ3) is 2.96. The Morgan fingerprint density at radius 3 is 2.23 bits per heavy atom. The zero-order valence-electron chi connectivity index (χ0n) is 6.18. The molecule has 0 spiro atoms. The van der Waals surface area contributed by atoms with Gasteiger partial charge in [0, 0.05) is 6.20 Å². The molecule has 0 saturated heterocycles. The molecule has 0 amide bonds. The van der Waals surface area contributed by atoms with Gasteiger partial charge in [-0.25, -0.2) is 4.79 Å². The second kappa shape index (κ2) is 5.45. The smallest absolute Gasteiger partial charge is 0.345 e. The first kappa shape index (κ1) is 14.3. The predicted molar refractivity (Wildman–Crippen MR) is 50.2 cm³/mol. The molecule has 0 aliphatic heterocycles. The van der Waals surface area contributed by atoms with Crippen LogP contribution >= 0.6 is 24.8 Å². The molecule has 1 aromatic heterocycles. The maximum Gasteiger partial charge on any atom is 0.345 e. The van der Waals surface area contributed by atoms with Crippen molar-refractivity contribution in [1.29, 1.82) is 0 Å². The summed E-state index contributed by atoms with van der Waals surface area (Å²) in [6.07, 6.45) is 1.17. The van der Waals surface area contributed by atoms with Crippen molar-refractivity contribution in [3.05, 3.63) is 28.2 Å². The van der Waals surface area contributed by atoms with E-state index in [1.807, 2.05) is 0 Å². The molecule has 0 fully saturated rings. The van der Waals surface area contributed by atoms with Crippen LogP contribution in [0.4, 0.5) is 0 Å². The summed E-state index contributed by atoms with van der Waals surface area (Å²) in [5.41, 5.74) is -1.44. The fraction of sp³-hybridized carbons (Fsp3) is 0. The van der Waals surface area contributed by atoms with E-state index >= 15 is 0 Å². The van der Waals surface area contributed by atoms with Crippen LogP contribution in [-0.4, -0.2) is 21.2 Å². The van der Waals surface area contributed by atoms with Gasteiger partial charge in [0.05, 0.1) is 0 Å². The summed E-state index contributed by atoms with van der Waals surface area (Å²) in [5.74, 6) is -1.97. The van der Waals surface area contributed by atoms with Gasteiger partial charge in [-0.1, -0.05) is 0 Å². The van der Waals surface area contributed by atoms with E-state index in [4.69, 9.17) is 10.2 Å². The Morgan fingerprint density at radius 1 is 1.38 bits per heavy atom. The molecule has 0 unspecified atom stereocenters. The number of aromatic amines is 1. The summed E-state index contributed by atoms with van der Waals surface area (Å²) in [6, 6.07) is 1.10. The first-order chi connectivity index (χ1) is 5.13. The van der Waals surface area contributed by atoms with Crippen molar-refractivity contribution >= 4 is 30.8 Å². The molecule has 0 atom stereocenters. The van der Waals surface area contributed by atoms with E-state index in [2.05, 4.69) is 4.98 Å². The lowest BCUT2D eigenvalue weighted by molar-refractivity contribution is 0.0691. The first-order valence-corrected chi connectivity index (χ1v) is 2.77. The maximum atomic E-state index is 10.7. The molecule has 0 aliphatic carbocycles. The van der Waals surface area contributed by atoms with E-state index in [1.54, 1.807) is 0 Å². The van der Waals surface area contributed by atoms with Gasteiger partial charge in [0.15, 0.2) is 5.56 Å². The fourth-order valence-electron chi connectivity index (χ4n) is 0.675. The highest BCUT2D eigenvalue weighted by molar-refractivity contribution is 5.90. The van der Waals surface area contributed by atoms with Gasteiger partial charge in [-0.3, -0.25) is 4.79 Å². The fourth-order valence-corrected chi connectivity index (χ4v) is 0.675. The predicted octanol–water partition coefficient (Wildman–Crippen LogP) is 0.622. The number of aromatic hydroxyl groups is 1. The molecule has 74 valence electrons. The lowest BCUT2D eigenvalue weighted by Crippen LogP contribution is -2.16. The standard InChI is InChI=1S/C6H5NO4.2ClH/c8-3-1-2-7-5(9)4(3)6(10)11;;/h1-2H,(H,10,11)(H2,7,8,9);2*1H. The molecule has 0 aliphatic rings. The minimum Gasteiger partial charge on any atom is -0.507 e. The van der Waals surface area contributed by atoms with Crippen molar-refractivity contribution in [1.82, 2.24) is 4.98 Å². The largest absolute Gasteiger partial charge is 0.507 e. The molecule has 1 heterocycles. The minimum atomic E-state index is -1.44. The van der Waals surface area contributed by atoms with Gasteiger partial charge in [0.1, 0.15) is 5.75 Å². The first-order valence-electron chi connectivity index (χ1n) is 2.77. The highest BCUT2D eigenvalue weighted by Crippen LogP contribution is 2.08. The summed E-state index contributed by atoms with van der Waals surface area (Å²) >= 11 is 0. The number of rotatable bonds is 1. The van der Waals surface area contributed by atoms with Crippen LogP contribution in [0.1, 0.15) is 10.4 Å². The normalized spacial score (nSPS) is 8.00. The molecule has 7 heteroatoms. The SMILES string of the molecule is Cl.Cl.O=C(O)c1c(O)cc[nH]c1=O. The van der Waals surface area contributed by atoms with Crippen LogP contribution in [-0.2, 0) is 0 Å². The number of pyridine rings is 1. The van der Waals surface area contributed by atoms with E-state index < -0.39 is 22.8 Å². The Morgan fingerprint density at radius 2 is 1.92 bits per heavy atom. The Bertz CT molecular complexity index is 349. The summed E-state index contributed by atoms with van der Waals surface area (Å²) in [7, 11) is 0. The number of halogens is 2. The molecule has 0 saturated carbocycles. The molecule has 1 aromatic rings. The summed E-state index contributed by atoms with van der Waals surface area (Å²) in [4.78, 5) is 23.1. The maximum absolute atomic E-state index is 10.7. The number of carboxylic acids is 1. The Labute approximate surface area is 85.2 Å². The summed E-state index contributed by atoms with van der Waals surface area (Å²) < 4.78 is 0. The number of nitrogens with one attached hydrogen (secondary N) is 1. The molecular formula is C6H7Cl2NO4. The number of hydrogen-bond donors (Lipinski definition) is 3. The van der Waals surface area contributed by atoms with E-state index in [0.717, 1.165) is 6.07 Å². The summed E-state index contributed by atoms with van der Waals surface area (Å²) in [5, 5.41) is 17.2. The third-order valence-corrected chi connectivity index (χ3v) is 1.15. The van der Waals surface area contributed by atoms with E-state index in [1.165, 1.54) is 6.20 Å². The van der Waals surface area contributed by atoms with E-state index in [-0.39, 0.29) is 24.8 Å². The Kier molecular flexibility index (Phi) is 6.00. The van der Waals surface area contributed by atoms with Crippen molar-refractivity contribution < 1.29 is 15.0 Å². The third-order valence-electron chi connectivity index (χ3n) is 1.15. The number of H-pyrrole nitrogens is 1. The van der Waals surface area contributed by atoms with Crippen LogP contribution in [0.2, 0.25) is 0 Å². The highest BCUT2D eigenvalue weighted by Gasteiger charge is 2.12. The molecule has 0 bridgehead atoms.